The predicted molar refractivity (Wildman–Crippen MR) is 110 cm³/mol. The Morgan fingerprint density at radius 3 is 2.82 bits per heavy atom. The summed E-state index contributed by atoms with van der Waals surface area (Å²) in [6, 6.07) is 8.15. The number of morpholine rings is 1. The molecule has 8 nitrogen and oxygen atoms in total. The van der Waals surface area contributed by atoms with E-state index in [1.807, 2.05) is 18.2 Å². The fourth-order valence-corrected chi connectivity index (χ4v) is 3.63. The number of anilines is 2. The molecule has 1 fully saturated rings. The first-order chi connectivity index (χ1) is 13.6. The van der Waals surface area contributed by atoms with Crippen molar-refractivity contribution >= 4 is 22.4 Å². The van der Waals surface area contributed by atoms with Gasteiger partial charge in [0.25, 0.3) is 0 Å². The highest BCUT2D eigenvalue weighted by atomic mass is 16.5. The average molecular weight is 382 g/mol. The number of benzene rings is 1. The fraction of sp³-hybridized carbons (Fsp3) is 0.450. The lowest BCUT2D eigenvalue weighted by atomic mass is 10.1. The molecule has 8 heteroatoms. The molecule has 1 saturated heterocycles. The number of aromatic nitrogens is 4. The van der Waals surface area contributed by atoms with Crippen LogP contribution in [0.4, 0.5) is 11.5 Å². The second-order valence-corrected chi connectivity index (χ2v) is 7.18. The molecule has 1 aliphatic rings. The zero-order chi connectivity index (χ0) is 19.5. The lowest BCUT2D eigenvalue weighted by Gasteiger charge is -2.36. The number of H-pyrrole nitrogens is 1. The summed E-state index contributed by atoms with van der Waals surface area (Å²) in [7, 11) is 1.70. The molecule has 0 amide bonds. The maximum absolute atomic E-state index is 5.83. The molecule has 4 rings (SSSR count). The first-order valence-electron chi connectivity index (χ1n) is 9.58. The van der Waals surface area contributed by atoms with Crippen molar-refractivity contribution in [2.75, 3.05) is 43.6 Å². The van der Waals surface area contributed by atoms with Crippen LogP contribution in [0.2, 0.25) is 0 Å². The fourth-order valence-electron chi connectivity index (χ4n) is 3.63. The standard InChI is InChI=1S/C20H26N6O2/c1-13-10-26(11-14(2)28-13)19-9-18(22-12-23-19)20-16-8-15(21-6-7-27-3)4-5-17(16)24-25-20/h4-5,8-9,12-14,21H,6-7,10-11H2,1-3H3,(H,24,25). The molecule has 148 valence electrons. The van der Waals surface area contributed by atoms with E-state index in [2.05, 4.69) is 50.3 Å². The minimum absolute atomic E-state index is 0.175. The van der Waals surface area contributed by atoms with Crippen LogP contribution in [0.1, 0.15) is 13.8 Å². The van der Waals surface area contributed by atoms with E-state index in [0.717, 1.165) is 53.4 Å². The van der Waals surface area contributed by atoms with E-state index in [1.165, 1.54) is 0 Å². The Bertz CT molecular complexity index is 933. The van der Waals surface area contributed by atoms with E-state index < -0.39 is 0 Å². The van der Waals surface area contributed by atoms with Crippen molar-refractivity contribution < 1.29 is 9.47 Å². The Morgan fingerprint density at radius 2 is 2.04 bits per heavy atom. The van der Waals surface area contributed by atoms with Crippen molar-refractivity contribution in [2.24, 2.45) is 0 Å². The molecule has 0 spiro atoms. The predicted octanol–water partition coefficient (Wildman–Crippen LogP) is 2.69. The molecule has 28 heavy (non-hydrogen) atoms. The number of nitrogens with zero attached hydrogens (tertiary/aromatic N) is 4. The summed E-state index contributed by atoms with van der Waals surface area (Å²) in [6.07, 6.45) is 1.96. The summed E-state index contributed by atoms with van der Waals surface area (Å²) in [5.41, 5.74) is 3.62. The van der Waals surface area contributed by atoms with Crippen molar-refractivity contribution in [1.82, 2.24) is 20.2 Å². The van der Waals surface area contributed by atoms with Crippen LogP contribution in [0.15, 0.2) is 30.6 Å². The van der Waals surface area contributed by atoms with Gasteiger partial charge in [0.2, 0.25) is 0 Å². The summed E-state index contributed by atoms with van der Waals surface area (Å²) >= 11 is 0. The van der Waals surface area contributed by atoms with Crippen LogP contribution in [-0.2, 0) is 9.47 Å². The SMILES string of the molecule is COCCNc1ccc2[nH]nc(-c3cc(N4CC(C)OC(C)C4)ncn3)c2c1. The molecule has 1 aromatic carbocycles. The lowest BCUT2D eigenvalue weighted by molar-refractivity contribution is -0.00546. The van der Waals surface area contributed by atoms with Crippen LogP contribution in [0.3, 0.4) is 0 Å². The van der Waals surface area contributed by atoms with Gasteiger partial charge in [-0.3, -0.25) is 5.10 Å². The van der Waals surface area contributed by atoms with Crippen molar-refractivity contribution in [1.29, 1.82) is 0 Å². The Morgan fingerprint density at radius 1 is 1.21 bits per heavy atom. The number of hydrogen-bond donors (Lipinski definition) is 2. The Kier molecular flexibility index (Phi) is 5.40. The molecule has 2 N–H and O–H groups in total. The molecule has 0 bridgehead atoms. The summed E-state index contributed by atoms with van der Waals surface area (Å²) < 4.78 is 10.9. The Balaban J connectivity index is 1.63. The Hall–Kier alpha value is -2.71. The largest absolute Gasteiger partial charge is 0.383 e. The monoisotopic (exact) mass is 382 g/mol. The van der Waals surface area contributed by atoms with Gasteiger partial charge in [-0.15, -0.1) is 0 Å². The van der Waals surface area contributed by atoms with Crippen molar-refractivity contribution in [2.45, 2.75) is 26.1 Å². The van der Waals surface area contributed by atoms with E-state index in [0.29, 0.717) is 6.61 Å². The maximum Gasteiger partial charge on any atom is 0.132 e. The molecular weight excluding hydrogens is 356 g/mol. The number of hydrogen-bond acceptors (Lipinski definition) is 7. The number of rotatable bonds is 6. The molecule has 0 radical (unpaired) electrons. The normalized spacial score (nSPS) is 19.9. The molecule has 2 atom stereocenters. The maximum atomic E-state index is 5.83. The third-order valence-electron chi connectivity index (χ3n) is 4.84. The highest BCUT2D eigenvalue weighted by Crippen LogP contribution is 2.29. The number of fused-ring (bicyclic) bond motifs is 1. The topological polar surface area (TPSA) is 88.2 Å². The van der Waals surface area contributed by atoms with Gasteiger partial charge in [0.05, 0.1) is 30.0 Å². The second kappa shape index (κ2) is 8.12. The van der Waals surface area contributed by atoms with Gasteiger partial charge in [0.1, 0.15) is 17.8 Å². The van der Waals surface area contributed by atoms with E-state index in [9.17, 15) is 0 Å². The van der Waals surface area contributed by atoms with Crippen LogP contribution in [-0.4, -0.2) is 65.7 Å². The van der Waals surface area contributed by atoms with Gasteiger partial charge < -0.3 is 19.7 Å². The van der Waals surface area contributed by atoms with Gasteiger partial charge >= 0.3 is 0 Å². The zero-order valence-electron chi connectivity index (χ0n) is 16.5. The third-order valence-corrected chi connectivity index (χ3v) is 4.84. The van der Waals surface area contributed by atoms with Crippen molar-refractivity contribution in [3.63, 3.8) is 0 Å². The Labute approximate surface area is 164 Å². The first kappa shape index (κ1) is 18.6. The summed E-state index contributed by atoms with van der Waals surface area (Å²) in [4.78, 5) is 11.2. The summed E-state index contributed by atoms with van der Waals surface area (Å²) in [5.74, 6) is 0.900. The molecule has 3 heterocycles. The quantitative estimate of drug-likeness (QED) is 0.634. The minimum Gasteiger partial charge on any atom is -0.383 e. The molecule has 2 unspecified atom stereocenters. The highest BCUT2D eigenvalue weighted by Gasteiger charge is 2.24. The van der Waals surface area contributed by atoms with Crippen LogP contribution in [0, 0.1) is 0 Å². The van der Waals surface area contributed by atoms with Crippen LogP contribution in [0.25, 0.3) is 22.3 Å². The molecule has 1 aliphatic heterocycles. The number of methoxy groups -OCH3 is 1. The van der Waals surface area contributed by atoms with Crippen LogP contribution >= 0.6 is 0 Å². The van der Waals surface area contributed by atoms with E-state index >= 15 is 0 Å². The number of nitrogens with one attached hydrogen (secondary N) is 2. The summed E-state index contributed by atoms with van der Waals surface area (Å²) in [5, 5.41) is 12.0. The molecule has 0 aliphatic carbocycles. The molecular formula is C20H26N6O2. The van der Waals surface area contributed by atoms with E-state index in [1.54, 1.807) is 13.4 Å². The molecule has 0 saturated carbocycles. The van der Waals surface area contributed by atoms with Crippen molar-refractivity contribution in [3.05, 3.63) is 30.6 Å². The zero-order valence-corrected chi connectivity index (χ0v) is 16.5. The molecule has 2 aromatic heterocycles. The number of aromatic amines is 1. The van der Waals surface area contributed by atoms with Gasteiger partial charge in [-0.25, -0.2) is 9.97 Å². The average Bonchev–Trinajstić information content (AvgIpc) is 3.11. The van der Waals surface area contributed by atoms with Crippen LogP contribution < -0.4 is 10.2 Å². The lowest BCUT2D eigenvalue weighted by Crippen LogP contribution is -2.45. The number of ether oxygens (including phenoxy) is 2. The third kappa shape index (κ3) is 3.93. The van der Waals surface area contributed by atoms with Crippen LogP contribution in [0.5, 0.6) is 0 Å². The highest BCUT2D eigenvalue weighted by molar-refractivity contribution is 5.94. The van der Waals surface area contributed by atoms with Crippen molar-refractivity contribution in [3.8, 4) is 11.4 Å². The van der Waals surface area contributed by atoms with Gasteiger partial charge in [0.15, 0.2) is 0 Å². The molecule has 3 aromatic rings. The van der Waals surface area contributed by atoms with Gasteiger partial charge in [-0.1, -0.05) is 0 Å². The summed E-state index contributed by atoms with van der Waals surface area (Å²) in [6.45, 7) is 7.21. The van der Waals surface area contributed by atoms with Gasteiger partial charge in [-0.05, 0) is 32.0 Å². The van der Waals surface area contributed by atoms with Gasteiger partial charge in [0, 0.05) is 43.9 Å². The van der Waals surface area contributed by atoms with E-state index in [-0.39, 0.29) is 12.2 Å². The second-order valence-electron chi connectivity index (χ2n) is 7.18. The minimum atomic E-state index is 0.175. The van der Waals surface area contributed by atoms with E-state index in [4.69, 9.17) is 9.47 Å². The smallest absolute Gasteiger partial charge is 0.132 e. The first-order valence-corrected chi connectivity index (χ1v) is 9.58. The van der Waals surface area contributed by atoms with Gasteiger partial charge in [-0.2, -0.15) is 5.10 Å².